The van der Waals surface area contributed by atoms with E-state index < -0.39 is 23.8 Å². The fourth-order valence-electron chi connectivity index (χ4n) is 3.77. The monoisotopic (exact) mass is 435 g/mol. The van der Waals surface area contributed by atoms with Crippen LogP contribution in [-0.4, -0.2) is 55.2 Å². The summed E-state index contributed by atoms with van der Waals surface area (Å²) < 4.78 is 0. The van der Waals surface area contributed by atoms with E-state index in [1.165, 1.54) is 0 Å². The average Bonchev–Trinajstić information content (AvgIpc) is 3.59. The molecule has 3 N–H and O–H groups in total. The highest BCUT2D eigenvalue weighted by Gasteiger charge is 2.47. The Bertz CT molecular complexity index is 1080. The van der Waals surface area contributed by atoms with Gasteiger partial charge in [0, 0.05) is 37.0 Å². The number of fused-ring (bicyclic) bond motifs is 1. The summed E-state index contributed by atoms with van der Waals surface area (Å²) in [4.78, 5) is 53.6. The Labute approximate surface area is 185 Å². The average molecular weight is 435 g/mol. The zero-order valence-electron chi connectivity index (χ0n) is 17.9. The van der Waals surface area contributed by atoms with E-state index in [1.54, 1.807) is 47.4 Å². The first-order chi connectivity index (χ1) is 15.4. The molecule has 0 spiro atoms. The smallest absolute Gasteiger partial charge is 0.269 e. The molecule has 0 radical (unpaired) electrons. The third-order valence-corrected chi connectivity index (χ3v) is 5.55. The number of anilines is 1. The second-order valence-electron chi connectivity index (χ2n) is 8.10. The summed E-state index contributed by atoms with van der Waals surface area (Å²) in [5.74, 6) is -1.62. The van der Waals surface area contributed by atoms with Crippen molar-refractivity contribution in [3.63, 3.8) is 0 Å². The first kappa shape index (κ1) is 21.4. The summed E-state index contributed by atoms with van der Waals surface area (Å²) in [5.41, 5.74) is 7.06. The fraction of sp³-hybridized carbons (Fsp3) is 0.304. The van der Waals surface area contributed by atoms with Crippen molar-refractivity contribution in [2.24, 2.45) is 0 Å². The topological polar surface area (TPSA) is 111 Å². The molecule has 1 saturated carbocycles. The van der Waals surface area contributed by atoms with Crippen LogP contribution in [0.3, 0.4) is 0 Å². The molecule has 1 heterocycles. The molecule has 4 amide bonds. The first-order valence-corrected chi connectivity index (χ1v) is 10.4. The van der Waals surface area contributed by atoms with Crippen LogP contribution in [0.15, 0.2) is 48.5 Å². The largest absolute Gasteiger partial charge is 0.378 e. The lowest BCUT2D eigenvalue weighted by atomic mass is 10.0. The van der Waals surface area contributed by atoms with E-state index in [2.05, 4.69) is 16.2 Å². The summed E-state index contributed by atoms with van der Waals surface area (Å²) in [6.45, 7) is -0.331. The summed E-state index contributed by atoms with van der Waals surface area (Å²) in [5, 5.41) is 2.58. The molecular weight excluding hydrogens is 410 g/mol. The number of amides is 4. The molecule has 1 aliphatic heterocycles. The van der Waals surface area contributed by atoms with E-state index in [0.29, 0.717) is 16.7 Å². The Balaban J connectivity index is 1.33. The van der Waals surface area contributed by atoms with Crippen LogP contribution in [0.5, 0.6) is 0 Å². The zero-order chi connectivity index (χ0) is 22.8. The van der Waals surface area contributed by atoms with E-state index in [1.807, 2.05) is 25.1 Å². The maximum absolute atomic E-state index is 12.9. The second-order valence-corrected chi connectivity index (χ2v) is 8.10. The molecule has 0 saturated heterocycles. The molecule has 1 unspecified atom stereocenters. The molecule has 32 heavy (non-hydrogen) atoms. The van der Waals surface area contributed by atoms with E-state index in [9.17, 15) is 19.2 Å². The molecule has 9 heteroatoms. The summed E-state index contributed by atoms with van der Waals surface area (Å²) in [6.07, 6.45) is 1.73. The van der Waals surface area contributed by atoms with Gasteiger partial charge in [0.2, 0.25) is 5.91 Å². The molecule has 0 bridgehead atoms. The molecule has 9 nitrogen and oxygen atoms in total. The van der Waals surface area contributed by atoms with Crippen molar-refractivity contribution in [2.75, 3.05) is 25.5 Å². The number of rotatable bonds is 6. The number of nitrogens with one attached hydrogen (secondary N) is 3. The van der Waals surface area contributed by atoms with Gasteiger partial charge >= 0.3 is 0 Å². The van der Waals surface area contributed by atoms with Crippen LogP contribution in [0.25, 0.3) is 0 Å². The Hall–Kier alpha value is -3.88. The fourth-order valence-corrected chi connectivity index (χ4v) is 3.77. The van der Waals surface area contributed by atoms with E-state index in [0.717, 1.165) is 18.5 Å². The standard InChI is InChI=1S/C23H25N5O4/c1-27(2)16-7-5-6-14(12-16)21(30)26-25-19(29)13-24-22(31)20-17-8-3-4-9-18(17)23(32)28(20)15-10-11-15/h3-9,12,15,20H,10-11,13H2,1-2H3,(H,24,31)(H,25,29)(H,26,30). The molecule has 166 valence electrons. The van der Waals surface area contributed by atoms with Gasteiger partial charge in [0.15, 0.2) is 0 Å². The second kappa shape index (κ2) is 8.70. The zero-order valence-corrected chi connectivity index (χ0v) is 17.9. The summed E-state index contributed by atoms with van der Waals surface area (Å²) in [7, 11) is 3.73. The summed E-state index contributed by atoms with van der Waals surface area (Å²) in [6, 6.07) is 13.3. The van der Waals surface area contributed by atoms with E-state index in [-0.39, 0.29) is 18.5 Å². The van der Waals surface area contributed by atoms with Crippen LogP contribution in [0, 0.1) is 0 Å². The number of hydrogen-bond donors (Lipinski definition) is 3. The number of hydrogen-bond acceptors (Lipinski definition) is 5. The quantitative estimate of drug-likeness (QED) is 0.586. The minimum atomic E-state index is -0.748. The molecule has 1 atom stereocenters. The highest BCUT2D eigenvalue weighted by Crippen LogP contribution is 2.41. The Morgan fingerprint density at radius 2 is 1.78 bits per heavy atom. The lowest BCUT2D eigenvalue weighted by Crippen LogP contribution is -2.48. The molecule has 2 aliphatic rings. The van der Waals surface area contributed by atoms with Crippen LogP contribution in [-0.2, 0) is 9.59 Å². The molecule has 2 aromatic rings. The van der Waals surface area contributed by atoms with Crippen molar-refractivity contribution in [1.29, 1.82) is 0 Å². The van der Waals surface area contributed by atoms with Crippen molar-refractivity contribution >= 4 is 29.3 Å². The molecule has 2 aromatic carbocycles. The van der Waals surface area contributed by atoms with Crippen LogP contribution < -0.4 is 21.1 Å². The highest BCUT2D eigenvalue weighted by atomic mass is 16.2. The maximum atomic E-state index is 12.9. The van der Waals surface area contributed by atoms with Gasteiger partial charge in [-0.25, -0.2) is 0 Å². The van der Waals surface area contributed by atoms with Crippen molar-refractivity contribution in [3.8, 4) is 0 Å². The number of hydrazine groups is 1. The van der Waals surface area contributed by atoms with Crippen LogP contribution in [0.4, 0.5) is 5.69 Å². The van der Waals surface area contributed by atoms with E-state index >= 15 is 0 Å². The van der Waals surface area contributed by atoms with Crippen molar-refractivity contribution in [2.45, 2.75) is 24.9 Å². The number of carbonyl (C=O) groups is 4. The van der Waals surface area contributed by atoms with Gasteiger partial charge in [-0.05, 0) is 42.7 Å². The SMILES string of the molecule is CN(C)c1cccc(C(=O)NNC(=O)CNC(=O)C2c3ccccc3C(=O)N2C2CC2)c1. The van der Waals surface area contributed by atoms with Crippen molar-refractivity contribution in [1.82, 2.24) is 21.1 Å². The predicted octanol–water partition coefficient (Wildman–Crippen LogP) is 0.989. The van der Waals surface area contributed by atoms with Crippen LogP contribution in [0.2, 0.25) is 0 Å². The number of benzene rings is 2. The molecule has 4 rings (SSSR count). The molecular formula is C23H25N5O4. The van der Waals surface area contributed by atoms with Gasteiger partial charge < -0.3 is 15.1 Å². The van der Waals surface area contributed by atoms with Crippen molar-refractivity contribution < 1.29 is 19.2 Å². The Morgan fingerprint density at radius 3 is 2.50 bits per heavy atom. The Morgan fingerprint density at radius 1 is 1.03 bits per heavy atom. The van der Waals surface area contributed by atoms with Crippen LogP contribution in [0.1, 0.15) is 45.2 Å². The number of carbonyl (C=O) groups excluding carboxylic acids is 4. The molecule has 0 aromatic heterocycles. The van der Waals surface area contributed by atoms with Gasteiger partial charge in [0.25, 0.3) is 17.7 Å². The third-order valence-electron chi connectivity index (χ3n) is 5.55. The van der Waals surface area contributed by atoms with Gasteiger partial charge in [-0.15, -0.1) is 0 Å². The lowest BCUT2D eigenvalue weighted by molar-refractivity contribution is -0.129. The van der Waals surface area contributed by atoms with Crippen LogP contribution >= 0.6 is 0 Å². The van der Waals surface area contributed by atoms with E-state index in [4.69, 9.17) is 0 Å². The van der Waals surface area contributed by atoms with Crippen molar-refractivity contribution in [3.05, 3.63) is 65.2 Å². The minimum Gasteiger partial charge on any atom is -0.378 e. The minimum absolute atomic E-state index is 0.0525. The summed E-state index contributed by atoms with van der Waals surface area (Å²) >= 11 is 0. The maximum Gasteiger partial charge on any atom is 0.269 e. The van der Waals surface area contributed by atoms with Gasteiger partial charge in [-0.2, -0.15) is 0 Å². The Kier molecular flexibility index (Phi) is 5.81. The van der Waals surface area contributed by atoms with Gasteiger partial charge in [-0.3, -0.25) is 30.0 Å². The normalized spacial score (nSPS) is 16.9. The third kappa shape index (κ3) is 4.27. The highest BCUT2D eigenvalue weighted by molar-refractivity contribution is 6.05. The molecule has 1 fully saturated rings. The predicted molar refractivity (Wildman–Crippen MR) is 118 cm³/mol. The van der Waals surface area contributed by atoms with Gasteiger partial charge in [0.05, 0.1) is 6.54 Å². The number of nitrogens with zero attached hydrogens (tertiary/aromatic N) is 2. The lowest BCUT2D eigenvalue weighted by Gasteiger charge is -2.24. The molecule has 1 aliphatic carbocycles. The van der Waals surface area contributed by atoms with Gasteiger partial charge in [0.1, 0.15) is 6.04 Å². The van der Waals surface area contributed by atoms with Gasteiger partial charge in [-0.1, -0.05) is 24.3 Å². The first-order valence-electron chi connectivity index (χ1n) is 10.4.